The molecule has 0 spiro atoms. The molecule has 0 amide bonds. The van der Waals surface area contributed by atoms with Crippen molar-refractivity contribution < 1.29 is 28.6 Å². The van der Waals surface area contributed by atoms with Crippen LogP contribution in [0.5, 0.6) is 0 Å². The van der Waals surface area contributed by atoms with E-state index in [9.17, 15) is 0 Å². The first-order valence-electron chi connectivity index (χ1n) is 2.24. The van der Waals surface area contributed by atoms with Crippen molar-refractivity contribution >= 4 is 0 Å². The molecule has 0 fully saturated rings. The molecule has 0 aliphatic heterocycles. The van der Waals surface area contributed by atoms with Gasteiger partial charge in [0.1, 0.15) is 0 Å². The second kappa shape index (κ2) is 10.2. The number of aliphatic hydroxyl groups excluding tert-OH is 1. The quantitative estimate of drug-likeness (QED) is 0.599. The van der Waals surface area contributed by atoms with E-state index in [1.54, 1.807) is 0 Å². The van der Waals surface area contributed by atoms with Crippen molar-refractivity contribution in [1.29, 1.82) is 0 Å². The maximum atomic E-state index is 8.47. The predicted octanol–water partition coefficient (Wildman–Crippen LogP) is 0.395. The molecule has 49 valence electrons. The minimum absolute atomic E-state index is 0.306. The van der Waals surface area contributed by atoms with Gasteiger partial charge in [0.2, 0.25) is 0 Å². The van der Waals surface area contributed by atoms with E-state index in [0.717, 1.165) is 0 Å². The van der Waals surface area contributed by atoms with Crippen LogP contribution >= 0.6 is 0 Å². The normalized spacial score (nSPS) is 7.00. The molecule has 8 heavy (non-hydrogen) atoms. The SMILES string of the molecule is CC(C)CO.[O]=[V]=[O]. The molecule has 0 aliphatic rings. The average molecular weight is 157 g/mol. The van der Waals surface area contributed by atoms with Crippen LogP contribution < -0.4 is 0 Å². The first-order valence-corrected chi connectivity index (χ1v) is 3.38. The molecule has 0 aromatic heterocycles. The molecule has 0 saturated carbocycles. The molecular weight excluding hydrogens is 147 g/mol. The van der Waals surface area contributed by atoms with Crippen LogP contribution in [-0.2, 0) is 23.5 Å². The second-order valence-electron chi connectivity index (χ2n) is 1.65. The van der Waals surface area contributed by atoms with Crippen LogP contribution in [0.3, 0.4) is 0 Å². The van der Waals surface area contributed by atoms with Gasteiger partial charge in [0, 0.05) is 6.61 Å². The van der Waals surface area contributed by atoms with E-state index in [4.69, 9.17) is 12.5 Å². The molecule has 4 heteroatoms. The van der Waals surface area contributed by atoms with E-state index in [0.29, 0.717) is 12.5 Å². The van der Waals surface area contributed by atoms with Gasteiger partial charge in [-0.3, -0.25) is 0 Å². The van der Waals surface area contributed by atoms with E-state index in [2.05, 4.69) is 0 Å². The third-order valence-corrected chi connectivity index (χ3v) is 0.365. The molecule has 0 rings (SSSR count). The zero-order valence-electron chi connectivity index (χ0n) is 5.00. The van der Waals surface area contributed by atoms with Crippen LogP contribution in [0.2, 0.25) is 0 Å². The molecule has 0 aliphatic carbocycles. The van der Waals surface area contributed by atoms with Crippen molar-refractivity contribution in [3.05, 3.63) is 0 Å². The van der Waals surface area contributed by atoms with E-state index >= 15 is 0 Å². The molecule has 0 atom stereocenters. The van der Waals surface area contributed by atoms with Gasteiger partial charge < -0.3 is 5.11 Å². The minimum atomic E-state index is -1.81. The van der Waals surface area contributed by atoms with Crippen molar-refractivity contribution in [2.45, 2.75) is 13.8 Å². The Morgan fingerprint density at radius 2 is 1.62 bits per heavy atom. The third-order valence-electron chi connectivity index (χ3n) is 0.365. The molecule has 0 bridgehead atoms. The van der Waals surface area contributed by atoms with E-state index < -0.39 is 16.2 Å². The zero-order chi connectivity index (χ0) is 6.99. The van der Waals surface area contributed by atoms with Gasteiger partial charge in [-0.25, -0.2) is 0 Å². The zero-order valence-corrected chi connectivity index (χ0v) is 6.39. The van der Waals surface area contributed by atoms with Gasteiger partial charge in [-0.05, 0) is 5.92 Å². The molecule has 0 unspecified atom stereocenters. The summed E-state index contributed by atoms with van der Waals surface area (Å²) in [4.78, 5) is 0. The van der Waals surface area contributed by atoms with Gasteiger partial charge in [-0.2, -0.15) is 0 Å². The maximum absolute atomic E-state index is 8.47. The first-order chi connectivity index (χ1) is 3.68. The van der Waals surface area contributed by atoms with Crippen molar-refractivity contribution in [1.82, 2.24) is 0 Å². The van der Waals surface area contributed by atoms with Crippen molar-refractivity contribution in [2.24, 2.45) is 5.92 Å². The van der Waals surface area contributed by atoms with Crippen molar-refractivity contribution in [3.8, 4) is 0 Å². The Balaban J connectivity index is 0. The molecule has 0 aromatic rings. The summed E-state index contributed by atoms with van der Waals surface area (Å²) in [5.74, 6) is 0.440. The van der Waals surface area contributed by atoms with Crippen LogP contribution in [0.15, 0.2) is 0 Å². The van der Waals surface area contributed by atoms with Gasteiger partial charge in [-0.1, -0.05) is 13.8 Å². The van der Waals surface area contributed by atoms with E-state index in [-0.39, 0.29) is 0 Å². The van der Waals surface area contributed by atoms with Crippen molar-refractivity contribution in [3.63, 3.8) is 0 Å². The molecule has 0 saturated heterocycles. The first kappa shape index (κ1) is 11.0. The summed E-state index contributed by atoms with van der Waals surface area (Å²) in [6.45, 7) is 4.25. The molecule has 3 nitrogen and oxygen atoms in total. The number of hydrogen-bond acceptors (Lipinski definition) is 3. The van der Waals surface area contributed by atoms with Gasteiger partial charge in [0.15, 0.2) is 0 Å². The molecule has 0 aromatic carbocycles. The van der Waals surface area contributed by atoms with E-state index in [1.807, 2.05) is 13.8 Å². The number of rotatable bonds is 1. The Morgan fingerprint density at radius 1 is 1.50 bits per heavy atom. The van der Waals surface area contributed by atoms with Crippen LogP contribution in [0, 0.1) is 5.92 Å². The Hall–Kier alpha value is 0.144. The summed E-state index contributed by atoms with van der Waals surface area (Å²) in [6.07, 6.45) is 0. The van der Waals surface area contributed by atoms with Crippen LogP contribution in [0.4, 0.5) is 0 Å². The predicted molar refractivity (Wildman–Crippen MR) is 23.3 cm³/mol. The van der Waals surface area contributed by atoms with Gasteiger partial charge in [-0.15, -0.1) is 0 Å². The summed E-state index contributed by atoms with van der Waals surface area (Å²) in [5, 5.41) is 8.14. The third kappa shape index (κ3) is 35.4. The molecular formula is C4H10O3V. The topological polar surface area (TPSA) is 54.4 Å². The molecule has 0 heterocycles. The van der Waals surface area contributed by atoms with Crippen LogP contribution in [0.25, 0.3) is 0 Å². The standard InChI is InChI=1S/C4H10O.2O.V/c1-4(2)3-5;;;/h4-5H,3H2,1-2H3;;;. The Bertz CT molecular complexity index is 65.7. The summed E-state index contributed by atoms with van der Waals surface area (Å²) >= 11 is -1.81. The molecule has 1 N–H and O–H groups in total. The number of hydrogen-bond donors (Lipinski definition) is 1. The van der Waals surface area contributed by atoms with Crippen LogP contribution in [-0.4, -0.2) is 11.7 Å². The Labute approximate surface area is 55.6 Å². The fourth-order valence-electron chi connectivity index (χ4n) is 0. The average Bonchev–Trinajstić information content (AvgIpc) is 1.69. The van der Waals surface area contributed by atoms with Crippen LogP contribution in [0.1, 0.15) is 13.8 Å². The molecule has 0 radical (unpaired) electrons. The van der Waals surface area contributed by atoms with Gasteiger partial charge >= 0.3 is 23.5 Å². The van der Waals surface area contributed by atoms with Crippen molar-refractivity contribution in [2.75, 3.05) is 6.61 Å². The van der Waals surface area contributed by atoms with Gasteiger partial charge in [0.25, 0.3) is 0 Å². The Kier molecular flexibility index (Phi) is 14.0. The summed E-state index contributed by atoms with van der Waals surface area (Å²) in [5.41, 5.74) is 0. The summed E-state index contributed by atoms with van der Waals surface area (Å²) in [6, 6.07) is 0. The number of aliphatic hydroxyl groups is 1. The monoisotopic (exact) mass is 157 g/mol. The fraction of sp³-hybridized carbons (Fsp3) is 1.00. The van der Waals surface area contributed by atoms with E-state index in [1.165, 1.54) is 0 Å². The summed E-state index contributed by atoms with van der Waals surface area (Å²) < 4.78 is 16.9. The second-order valence-corrected chi connectivity index (χ2v) is 1.88. The fourth-order valence-corrected chi connectivity index (χ4v) is 0. The Morgan fingerprint density at radius 3 is 1.62 bits per heavy atom. The van der Waals surface area contributed by atoms with Gasteiger partial charge in [0.05, 0.1) is 0 Å². The summed E-state index contributed by atoms with van der Waals surface area (Å²) in [7, 11) is 0.